The SMILES string of the molecule is CCC(CO)N1CCN(C(=O)CC2CCCC2)CC1. The van der Waals surface area contributed by atoms with Crippen molar-refractivity contribution in [2.75, 3.05) is 32.8 Å². The number of aliphatic hydroxyl groups is 1. The molecule has 1 atom stereocenters. The monoisotopic (exact) mass is 268 g/mol. The number of piperazine rings is 1. The lowest BCUT2D eigenvalue weighted by atomic mass is 10.0. The summed E-state index contributed by atoms with van der Waals surface area (Å²) in [7, 11) is 0. The number of rotatable bonds is 5. The van der Waals surface area contributed by atoms with E-state index in [0.717, 1.165) is 39.0 Å². The highest BCUT2D eigenvalue weighted by atomic mass is 16.3. The first-order valence-corrected chi connectivity index (χ1v) is 7.87. The van der Waals surface area contributed by atoms with Crippen LogP contribution in [0.25, 0.3) is 0 Å². The zero-order chi connectivity index (χ0) is 13.7. The standard InChI is InChI=1S/C15H28N2O2/c1-2-14(12-18)16-7-9-17(10-8-16)15(19)11-13-5-3-4-6-13/h13-14,18H,2-12H2,1H3. The molecular formula is C15H28N2O2. The van der Waals surface area contributed by atoms with Crippen molar-refractivity contribution in [2.45, 2.75) is 51.5 Å². The maximum absolute atomic E-state index is 12.2. The molecule has 2 aliphatic rings. The van der Waals surface area contributed by atoms with Crippen LogP contribution in [0.5, 0.6) is 0 Å². The third-order valence-electron chi connectivity index (χ3n) is 4.80. The summed E-state index contributed by atoms with van der Waals surface area (Å²) in [6, 6.07) is 0.270. The van der Waals surface area contributed by atoms with Crippen LogP contribution in [-0.2, 0) is 4.79 Å². The van der Waals surface area contributed by atoms with Gasteiger partial charge in [-0.05, 0) is 25.2 Å². The molecule has 1 aliphatic carbocycles. The number of amides is 1. The summed E-state index contributed by atoms with van der Waals surface area (Å²) in [6.07, 6.45) is 6.84. The molecule has 4 nitrogen and oxygen atoms in total. The van der Waals surface area contributed by atoms with Gasteiger partial charge in [0.15, 0.2) is 0 Å². The van der Waals surface area contributed by atoms with Crippen LogP contribution in [0.1, 0.15) is 45.4 Å². The maximum Gasteiger partial charge on any atom is 0.222 e. The molecule has 1 heterocycles. The van der Waals surface area contributed by atoms with E-state index in [-0.39, 0.29) is 12.6 Å². The fraction of sp³-hybridized carbons (Fsp3) is 0.933. The molecule has 0 aromatic carbocycles. The zero-order valence-corrected chi connectivity index (χ0v) is 12.2. The van der Waals surface area contributed by atoms with Gasteiger partial charge >= 0.3 is 0 Å². The second-order valence-electron chi connectivity index (χ2n) is 6.02. The molecule has 1 N–H and O–H groups in total. The van der Waals surface area contributed by atoms with E-state index < -0.39 is 0 Å². The molecule has 0 aromatic rings. The van der Waals surface area contributed by atoms with Crippen LogP contribution in [0, 0.1) is 5.92 Å². The number of hydrogen-bond donors (Lipinski definition) is 1. The van der Waals surface area contributed by atoms with Crippen molar-refractivity contribution in [1.82, 2.24) is 9.80 Å². The van der Waals surface area contributed by atoms with Crippen molar-refractivity contribution in [3.05, 3.63) is 0 Å². The van der Waals surface area contributed by atoms with Gasteiger partial charge < -0.3 is 10.0 Å². The summed E-state index contributed by atoms with van der Waals surface area (Å²) < 4.78 is 0. The first kappa shape index (κ1) is 14.8. The van der Waals surface area contributed by atoms with Gasteiger partial charge in [-0.2, -0.15) is 0 Å². The van der Waals surface area contributed by atoms with Gasteiger partial charge in [0.2, 0.25) is 5.91 Å². The summed E-state index contributed by atoms with van der Waals surface area (Å²) in [5, 5.41) is 9.32. The van der Waals surface area contributed by atoms with Crippen LogP contribution < -0.4 is 0 Å². The quantitative estimate of drug-likeness (QED) is 0.821. The first-order chi connectivity index (χ1) is 9.24. The Kier molecular flexibility index (Phi) is 5.64. The van der Waals surface area contributed by atoms with Crippen molar-refractivity contribution in [1.29, 1.82) is 0 Å². The molecule has 4 heteroatoms. The normalized spacial score (nSPS) is 23.8. The van der Waals surface area contributed by atoms with E-state index in [1.165, 1.54) is 25.7 Å². The Hall–Kier alpha value is -0.610. The van der Waals surface area contributed by atoms with E-state index in [4.69, 9.17) is 0 Å². The third-order valence-corrected chi connectivity index (χ3v) is 4.80. The van der Waals surface area contributed by atoms with Crippen LogP contribution in [0.4, 0.5) is 0 Å². The molecule has 2 fully saturated rings. The summed E-state index contributed by atoms with van der Waals surface area (Å²) in [6.45, 7) is 5.83. The third kappa shape index (κ3) is 3.93. The molecule has 0 spiro atoms. The molecule has 1 amide bonds. The first-order valence-electron chi connectivity index (χ1n) is 7.87. The second-order valence-corrected chi connectivity index (χ2v) is 6.02. The van der Waals surface area contributed by atoms with E-state index in [1.54, 1.807) is 0 Å². The molecule has 1 aliphatic heterocycles. The predicted molar refractivity (Wildman–Crippen MR) is 75.9 cm³/mol. The molecular weight excluding hydrogens is 240 g/mol. The lowest BCUT2D eigenvalue weighted by molar-refractivity contribution is -0.134. The smallest absolute Gasteiger partial charge is 0.222 e. The highest BCUT2D eigenvalue weighted by Gasteiger charge is 2.27. The van der Waals surface area contributed by atoms with Crippen molar-refractivity contribution in [2.24, 2.45) is 5.92 Å². The average Bonchev–Trinajstić information content (AvgIpc) is 2.94. The second kappa shape index (κ2) is 7.25. The minimum Gasteiger partial charge on any atom is -0.395 e. The fourth-order valence-electron chi connectivity index (χ4n) is 3.43. The molecule has 110 valence electrons. The van der Waals surface area contributed by atoms with E-state index in [9.17, 15) is 9.90 Å². The number of hydrogen-bond acceptors (Lipinski definition) is 3. The van der Waals surface area contributed by atoms with Crippen molar-refractivity contribution < 1.29 is 9.90 Å². The molecule has 0 aromatic heterocycles. The fourth-order valence-corrected chi connectivity index (χ4v) is 3.43. The summed E-state index contributed by atoms with van der Waals surface area (Å²) in [5.41, 5.74) is 0. The van der Waals surface area contributed by atoms with Gasteiger partial charge in [-0.15, -0.1) is 0 Å². The van der Waals surface area contributed by atoms with Crippen molar-refractivity contribution >= 4 is 5.91 Å². The predicted octanol–water partition coefficient (Wildman–Crippen LogP) is 1.48. The lowest BCUT2D eigenvalue weighted by Gasteiger charge is -2.38. The highest BCUT2D eigenvalue weighted by molar-refractivity contribution is 5.76. The van der Waals surface area contributed by atoms with Gasteiger partial charge in [-0.3, -0.25) is 9.69 Å². The van der Waals surface area contributed by atoms with Crippen molar-refractivity contribution in [3.8, 4) is 0 Å². The number of aliphatic hydroxyl groups excluding tert-OH is 1. The van der Waals surface area contributed by atoms with Gasteiger partial charge in [0.05, 0.1) is 6.61 Å². The Morgan fingerprint density at radius 2 is 1.84 bits per heavy atom. The summed E-state index contributed by atoms with van der Waals surface area (Å²) in [4.78, 5) is 16.6. The Morgan fingerprint density at radius 3 is 2.37 bits per heavy atom. The highest BCUT2D eigenvalue weighted by Crippen LogP contribution is 2.28. The molecule has 2 rings (SSSR count). The van der Waals surface area contributed by atoms with Crippen LogP contribution in [0.3, 0.4) is 0 Å². The topological polar surface area (TPSA) is 43.8 Å². The van der Waals surface area contributed by atoms with Crippen LogP contribution >= 0.6 is 0 Å². The molecule has 0 bridgehead atoms. The van der Waals surface area contributed by atoms with Crippen molar-refractivity contribution in [3.63, 3.8) is 0 Å². The van der Waals surface area contributed by atoms with E-state index in [0.29, 0.717) is 11.8 Å². The van der Waals surface area contributed by atoms with E-state index in [2.05, 4.69) is 11.8 Å². The van der Waals surface area contributed by atoms with Gasteiger partial charge in [0, 0.05) is 38.6 Å². The molecule has 19 heavy (non-hydrogen) atoms. The van der Waals surface area contributed by atoms with Crippen LogP contribution in [0.2, 0.25) is 0 Å². The molecule has 1 saturated heterocycles. The molecule has 1 saturated carbocycles. The Morgan fingerprint density at radius 1 is 1.21 bits per heavy atom. The zero-order valence-electron chi connectivity index (χ0n) is 12.2. The van der Waals surface area contributed by atoms with Gasteiger partial charge in [0.25, 0.3) is 0 Å². The van der Waals surface area contributed by atoms with Gasteiger partial charge in [-0.25, -0.2) is 0 Å². The summed E-state index contributed by atoms with van der Waals surface area (Å²) in [5.74, 6) is 0.995. The number of nitrogens with zero attached hydrogens (tertiary/aromatic N) is 2. The van der Waals surface area contributed by atoms with Crippen LogP contribution in [0.15, 0.2) is 0 Å². The lowest BCUT2D eigenvalue weighted by Crippen LogP contribution is -2.52. The largest absolute Gasteiger partial charge is 0.395 e. The number of carbonyl (C=O) groups is 1. The number of carbonyl (C=O) groups excluding carboxylic acids is 1. The minimum absolute atomic E-state index is 0.229. The Labute approximate surface area is 116 Å². The van der Waals surface area contributed by atoms with Gasteiger partial charge in [0.1, 0.15) is 0 Å². The molecule has 1 unspecified atom stereocenters. The maximum atomic E-state index is 12.2. The molecule has 0 radical (unpaired) electrons. The van der Waals surface area contributed by atoms with Crippen LogP contribution in [-0.4, -0.2) is 59.6 Å². The Balaban J connectivity index is 1.74. The van der Waals surface area contributed by atoms with E-state index in [1.807, 2.05) is 4.90 Å². The summed E-state index contributed by atoms with van der Waals surface area (Å²) >= 11 is 0. The Bertz CT molecular complexity index is 278. The van der Waals surface area contributed by atoms with Gasteiger partial charge in [-0.1, -0.05) is 19.8 Å². The minimum atomic E-state index is 0.229. The average molecular weight is 268 g/mol. The van der Waals surface area contributed by atoms with E-state index >= 15 is 0 Å².